The van der Waals surface area contributed by atoms with Gasteiger partial charge in [-0.05, 0) is 44.0 Å². The van der Waals surface area contributed by atoms with Crippen molar-refractivity contribution in [3.05, 3.63) is 28.8 Å². The summed E-state index contributed by atoms with van der Waals surface area (Å²) in [6.45, 7) is 5.89. The SMILES string of the molecule is COc1cc(C)c(C)cc1C(C)N=C=O. The second-order valence-electron chi connectivity index (χ2n) is 3.57. The highest BCUT2D eigenvalue weighted by Gasteiger charge is 2.11. The lowest BCUT2D eigenvalue weighted by atomic mass is 10.0. The number of benzene rings is 1. The average molecular weight is 205 g/mol. The molecule has 3 heteroatoms. The Kier molecular flexibility index (Phi) is 3.64. The summed E-state index contributed by atoms with van der Waals surface area (Å²) in [6, 6.07) is 3.75. The van der Waals surface area contributed by atoms with Gasteiger partial charge < -0.3 is 4.74 Å². The molecule has 0 amide bonds. The van der Waals surface area contributed by atoms with E-state index in [1.807, 2.05) is 32.9 Å². The molecule has 1 aromatic rings. The van der Waals surface area contributed by atoms with E-state index >= 15 is 0 Å². The number of hydrogen-bond acceptors (Lipinski definition) is 3. The van der Waals surface area contributed by atoms with Crippen LogP contribution in [0.1, 0.15) is 29.7 Å². The minimum Gasteiger partial charge on any atom is -0.496 e. The van der Waals surface area contributed by atoms with E-state index in [0.29, 0.717) is 0 Å². The lowest BCUT2D eigenvalue weighted by molar-refractivity contribution is 0.406. The highest BCUT2D eigenvalue weighted by atomic mass is 16.5. The van der Waals surface area contributed by atoms with Crippen LogP contribution in [-0.4, -0.2) is 13.2 Å². The number of isocyanates is 1. The van der Waals surface area contributed by atoms with Crippen LogP contribution in [0.25, 0.3) is 0 Å². The van der Waals surface area contributed by atoms with Gasteiger partial charge in [-0.2, -0.15) is 4.99 Å². The Bertz CT molecular complexity index is 406. The molecule has 0 saturated heterocycles. The number of rotatable bonds is 3. The molecule has 0 aliphatic rings. The number of hydrogen-bond donors (Lipinski definition) is 0. The molecule has 0 fully saturated rings. The minimum absolute atomic E-state index is 0.211. The second-order valence-corrected chi connectivity index (χ2v) is 3.57. The molecule has 1 unspecified atom stereocenters. The second kappa shape index (κ2) is 4.76. The molecule has 0 spiro atoms. The van der Waals surface area contributed by atoms with E-state index in [0.717, 1.165) is 16.9 Å². The number of carbonyl (C=O) groups excluding carboxylic acids is 1. The Morgan fingerprint density at radius 2 is 1.93 bits per heavy atom. The van der Waals surface area contributed by atoms with Crippen LogP contribution in [0.2, 0.25) is 0 Å². The van der Waals surface area contributed by atoms with Gasteiger partial charge in [0.25, 0.3) is 0 Å². The zero-order valence-corrected chi connectivity index (χ0v) is 9.50. The topological polar surface area (TPSA) is 38.7 Å². The van der Waals surface area contributed by atoms with E-state index in [4.69, 9.17) is 4.74 Å². The van der Waals surface area contributed by atoms with E-state index < -0.39 is 0 Å². The normalized spacial score (nSPS) is 11.7. The van der Waals surface area contributed by atoms with Crippen LogP contribution < -0.4 is 4.74 Å². The van der Waals surface area contributed by atoms with Gasteiger partial charge in [-0.25, -0.2) is 4.79 Å². The number of aryl methyl sites for hydroxylation is 2. The van der Waals surface area contributed by atoms with Crippen LogP contribution in [0.4, 0.5) is 0 Å². The third-order valence-corrected chi connectivity index (χ3v) is 2.54. The highest BCUT2D eigenvalue weighted by molar-refractivity contribution is 5.45. The molecule has 80 valence electrons. The number of aliphatic imine (C=N–C) groups is 1. The Labute approximate surface area is 89.8 Å². The third-order valence-electron chi connectivity index (χ3n) is 2.54. The Morgan fingerprint density at radius 1 is 1.33 bits per heavy atom. The van der Waals surface area contributed by atoms with E-state index in [1.165, 1.54) is 5.56 Å². The molecule has 0 bridgehead atoms. The molecule has 0 radical (unpaired) electrons. The van der Waals surface area contributed by atoms with Crippen molar-refractivity contribution in [2.75, 3.05) is 7.11 Å². The Hall–Kier alpha value is -1.60. The molecule has 0 aliphatic carbocycles. The van der Waals surface area contributed by atoms with Gasteiger partial charge in [0.2, 0.25) is 6.08 Å². The first kappa shape index (κ1) is 11.5. The first-order valence-electron chi connectivity index (χ1n) is 4.82. The van der Waals surface area contributed by atoms with Crippen molar-refractivity contribution < 1.29 is 9.53 Å². The fourth-order valence-electron chi connectivity index (χ4n) is 1.46. The van der Waals surface area contributed by atoms with Crippen LogP contribution in [-0.2, 0) is 4.79 Å². The van der Waals surface area contributed by atoms with Crippen molar-refractivity contribution in [1.29, 1.82) is 0 Å². The van der Waals surface area contributed by atoms with E-state index in [2.05, 4.69) is 4.99 Å². The fraction of sp³-hybridized carbons (Fsp3) is 0.417. The summed E-state index contributed by atoms with van der Waals surface area (Å²) in [5.41, 5.74) is 3.25. The van der Waals surface area contributed by atoms with E-state index in [-0.39, 0.29) is 6.04 Å². The van der Waals surface area contributed by atoms with Crippen molar-refractivity contribution in [3.63, 3.8) is 0 Å². The van der Waals surface area contributed by atoms with Gasteiger partial charge in [0.15, 0.2) is 0 Å². The van der Waals surface area contributed by atoms with Gasteiger partial charge in [-0.15, -0.1) is 0 Å². The average Bonchev–Trinajstić information content (AvgIpc) is 2.21. The predicted molar refractivity (Wildman–Crippen MR) is 59.0 cm³/mol. The lowest BCUT2D eigenvalue weighted by Gasteiger charge is -2.13. The quantitative estimate of drug-likeness (QED) is 0.562. The summed E-state index contributed by atoms with van der Waals surface area (Å²) in [6.07, 6.45) is 1.57. The highest BCUT2D eigenvalue weighted by Crippen LogP contribution is 2.29. The van der Waals surface area contributed by atoms with Crippen LogP contribution >= 0.6 is 0 Å². The first-order chi connectivity index (χ1) is 7.10. The molecule has 0 N–H and O–H groups in total. The molecule has 0 aromatic heterocycles. The third kappa shape index (κ3) is 2.45. The summed E-state index contributed by atoms with van der Waals surface area (Å²) < 4.78 is 5.26. The van der Waals surface area contributed by atoms with Crippen LogP contribution in [0, 0.1) is 13.8 Å². The molecule has 1 aromatic carbocycles. The van der Waals surface area contributed by atoms with E-state index in [9.17, 15) is 4.79 Å². The maximum Gasteiger partial charge on any atom is 0.235 e. The van der Waals surface area contributed by atoms with Crippen LogP contribution in [0.5, 0.6) is 5.75 Å². The van der Waals surface area contributed by atoms with Crippen molar-refractivity contribution >= 4 is 6.08 Å². The standard InChI is InChI=1S/C12H15NO2/c1-8-5-11(10(3)13-7-14)12(15-4)6-9(8)2/h5-6,10H,1-4H3. The molecule has 3 nitrogen and oxygen atoms in total. The largest absolute Gasteiger partial charge is 0.496 e. The van der Waals surface area contributed by atoms with Gasteiger partial charge >= 0.3 is 0 Å². The summed E-state index contributed by atoms with van der Waals surface area (Å²) in [5, 5.41) is 0. The molecule has 15 heavy (non-hydrogen) atoms. The first-order valence-corrected chi connectivity index (χ1v) is 4.82. The minimum atomic E-state index is -0.211. The summed E-state index contributed by atoms with van der Waals surface area (Å²) in [5.74, 6) is 0.768. The molecule has 0 aliphatic heterocycles. The molecule has 1 atom stereocenters. The van der Waals surface area contributed by atoms with Crippen molar-refractivity contribution in [2.45, 2.75) is 26.8 Å². The smallest absolute Gasteiger partial charge is 0.235 e. The van der Waals surface area contributed by atoms with Gasteiger partial charge in [-0.1, -0.05) is 0 Å². The predicted octanol–water partition coefficient (Wildman–Crippen LogP) is 2.71. The van der Waals surface area contributed by atoms with Crippen molar-refractivity contribution in [1.82, 2.24) is 0 Å². The van der Waals surface area contributed by atoms with Gasteiger partial charge in [-0.3, -0.25) is 0 Å². The number of methoxy groups -OCH3 is 1. The summed E-state index contributed by atoms with van der Waals surface area (Å²) in [4.78, 5) is 13.9. The Morgan fingerprint density at radius 3 is 2.47 bits per heavy atom. The lowest BCUT2D eigenvalue weighted by Crippen LogP contribution is -1.97. The fourth-order valence-corrected chi connectivity index (χ4v) is 1.46. The van der Waals surface area contributed by atoms with Gasteiger partial charge in [0.05, 0.1) is 13.2 Å². The Balaban J connectivity index is 3.26. The number of nitrogens with zero attached hydrogens (tertiary/aromatic N) is 1. The maximum atomic E-state index is 10.2. The monoisotopic (exact) mass is 205 g/mol. The maximum absolute atomic E-state index is 10.2. The van der Waals surface area contributed by atoms with Crippen LogP contribution in [0.15, 0.2) is 17.1 Å². The van der Waals surface area contributed by atoms with Crippen molar-refractivity contribution in [2.24, 2.45) is 4.99 Å². The van der Waals surface area contributed by atoms with E-state index in [1.54, 1.807) is 13.2 Å². The zero-order valence-electron chi connectivity index (χ0n) is 9.50. The van der Waals surface area contributed by atoms with Gasteiger partial charge in [0.1, 0.15) is 5.75 Å². The molecule has 0 heterocycles. The molecule has 1 rings (SSSR count). The molecule has 0 saturated carbocycles. The summed E-state index contributed by atoms with van der Waals surface area (Å²) in [7, 11) is 1.62. The summed E-state index contributed by atoms with van der Waals surface area (Å²) >= 11 is 0. The van der Waals surface area contributed by atoms with Crippen molar-refractivity contribution in [3.8, 4) is 5.75 Å². The molecular formula is C12H15NO2. The zero-order chi connectivity index (χ0) is 11.4. The van der Waals surface area contributed by atoms with Gasteiger partial charge in [0, 0.05) is 5.56 Å². The molecular weight excluding hydrogens is 190 g/mol. The van der Waals surface area contributed by atoms with Crippen LogP contribution in [0.3, 0.4) is 0 Å². The number of ether oxygens (including phenoxy) is 1.